The molecule has 1 aliphatic carbocycles. The van der Waals surface area contributed by atoms with Gasteiger partial charge in [0.05, 0.1) is 21.3 Å². The van der Waals surface area contributed by atoms with Crippen LogP contribution in [0.25, 0.3) is 0 Å². The van der Waals surface area contributed by atoms with Gasteiger partial charge in [-0.15, -0.1) is 5.10 Å². The van der Waals surface area contributed by atoms with Crippen molar-refractivity contribution in [1.82, 2.24) is 14.8 Å². The van der Waals surface area contributed by atoms with E-state index in [9.17, 15) is 4.79 Å². The average Bonchev–Trinajstić information content (AvgIpc) is 3.27. The van der Waals surface area contributed by atoms with E-state index in [1.807, 2.05) is 35.0 Å². The van der Waals surface area contributed by atoms with Crippen LogP contribution < -0.4 is 19.5 Å². The number of carbonyl (C=O) groups is 1. The molecule has 1 aliphatic heterocycles. The molecule has 0 bridgehead atoms. The second-order valence-corrected chi connectivity index (χ2v) is 10.7. The molecule has 1 aromatic heterocycles. The van der Waals surface area contributed by atoms with Gasteiger partial charge in [0.2, 0.25) is 16.9 Å². The smallest absolute Gasteiger partial charge is 0.227 e. The Morgan fingerprint density at radius 3 is 2.39 bits per heavy atom. The SMILES string of the molecule is COc1cc([C@@H]2C3=C(CC(C)(C)CC3=O)Nc3nc(SCc4ccccc4)nn32)cc(OC)c1OC. The summed E-state index contributed by atoms with van der Waals surface area (Å²) in [6.45, 7) is 4.23. The Balaban J connectivity index is 1.61. The maximum atomic E-state index is 13.5. The van der Waals surface area contributed by atoms with Crippen LogP contribution in [0, 0.1) is 5.41 Å². The zero-order chi connectivity index (χ0) is 25.4. The molecule has 36 heavy (non-hydrogen) atoms. The van der Waals surface area contributed by atoms with Crippen LogP contribution in [0.2, 0.25) is 0 Å². The topological polar surface area (TPSA) is 87.5 Å². The van der Waals surface area contributed by atoms with Gasteiger partial charge in [0.25, 0.3) is 0 Å². The second-order valence-electron chi connectivity index (χ2n) is 9.76. The van der Waals surface area contributed by atoms with Crippen LogP contribution in [0.5, 0.6) is 17.2 Å². The highest BCUT2D eigenvalue weighted by molar-refractivity contribution is 7.98. The fourth-order valence-electron chi connectivity index (χ4n) is 4.94. The zero-order valence-electron chi connectivity index (χ0n) is 21.1. The summed E-state index contributed by atoms with van der Waals surface area (Å²) in [5, 5.41) is 8.92. The molecule has 0 unspecified atom stereocenters. The van der Waals surface area contributed by atoms with Crippen LogP contribution >= 0.6 is 11.8 Å². The molecule has 3 aromatic rings. The summed E-state index contributed by atoms with van der Waals surface area (Å²) < 4.78 is 18.6. The van der Waals surface area contributed by atoms with Gasteiger partial charge in [-0.1, -0.05) is 55.9 Å². The number of aromatic nitrogens is 3. The molecule has 0 saturated carbocycles. The van der Waals surface area contributed by atoms with Crippen molar-refractivity contribution in [3.8, 4) is 17.2 Å². The molecule has 0 saturated heterocycles. The highest BCUT2D eigenvalue weighted by Crippen LogP contribution is 2.48. The third kappa shape index (κ3) is 4.43. The predicted molar refractivity (Wildman–Crippen MR) is 139 cm³/mol. The number of thioether (sulfide) groups is 1. The van der Waals surface area contributed by atoms with Crippen LogP contribution in [0.3, 0.4) is 0 Å². The number of nitrogens with one attached hydrogen (secondary N) is 1. The van der Waals surface area contributed by atoms with Crippen LogP contribution in [0.15, 0.2) is 58.9 Å². The minimum atomic E-state index is -0.466. The molecular formula is C27H30N4O4S. The van der Waals surface area contributed by atoms with Crippen molar-refractivity contribution in [2.45, 2.75) is 43.6 Å². The van der Waals surface area contributed by atoms with Gasteiger partial charge in [0, 0.05) is 23.4 Å². The van der Waals surface area contributed by atoms with E-state index in [0.717, 1.165) is 23.4 Å². The number of methoxy groups -OCH3 is 3. The second kappa shape index (κ2) is 9.54. The van der Waals surface area contributed by atoms with Gasteiger partial charge in [-0.25, -0.2) is 4.68 Å². The van der Waals surface area contributed by atoms with E-state index >= 15 is 0 Å². The van der Waals surface area contributed by atoms with Crippen LogP contribution in [0.1, 0.15) is 43.9 Å². The van der Waals surface area contributed by atoms with Crippen LogP contribution in [-0.2, 0) is 10.5 Å². The van der Waals surface area contributed by atoms with Crippen molar-refractivity contribution in [2.75, 3.05) is 26.6 Å². The number of nitrogens with zero attached hydrogens (tertiary/aromatic N) is 3. The van der Waals surface area contributed by atoms with Crippen LogP contribution in [-0.4, -0.2) is 41.9 Å². The van der Waals surface area contributed by atoms with Crippen molar-refractivity contribution in [2.24, 2.45) is 5.41 Å². The third-order valence-corrected chi connectivity index (χ3v) is 7.43. The molecule has 8 nitrogen and oxygen atoms in total. The first-order valence-corrected chi connectivity index (χ1v) is 12.8. The van der Waals surface area contributed by atoms with E-state index in [1.54, 1.807) is 33.1 Å². The van der Waals surface area contributed by atoms with Crippen molar-refractivity contribution in [1.29, 1.82) is 0 Å². The molecule has 0 spiro atoms. The Morgan fingerprint density at radius 1 is 1.06 bits per heavy atom. The van der Waals surface area contributed by atoms with Gasteiger partial charge in [0.15, 0.2) is 17.3 Å². The lowest BCUT2D eigenvalue weighted by Gasteiger charge is -2.38. The third-order valence-electron chi connectivity index (χ3n) is 6.53. The Bertz CT molecular complexity index is 1310. The van der Waals surface area contributed by atoms with Gasteiger partial charge >= 0.3 is 0 Å². The van der Waals surface area contributed by atoms with E-state index in [-0.39, 0.29) is 11.2 Å². The van der Waals surface area contributed by atoms with Gasteiger partial charge < -0.3 is 19.5 Å². The number of benzene rings is 2. The first-order chi connectivity index (χ1) is 17.3. The van der Waals surface area contributed by atoms with Crippen LogP contribution in [0.4, 0.5) is 5.95 Å². The summed E-state index contributed by atoms with van der Waals surface area (Å²) in [7, 11) is 4.74. The van der Waals surface area contributed by atoms with E-state index < -0.39 is 6.04 Å². The monoisotopic (exact) mass is 506 g/mol. The lowest BCUT2D eigenvalue weighted by molar-refractivity contribution is -0.118. The Labute approximate surface area is 215 Å². The molecule has 2 aromatic carbocycles. The molecular weight excluding hydrogens is 476 g/mol. The molecule has 1 N–H and O–H groups in total. The summed E-state index contributed by atoms with van der Waals surface area (Å²) in [5.74, 6) is 3.02. The average molecular weight is 507 g/mol. The van der Waals surface area contributed by atoms with Crippen molar-refractivity contribution >= 4 is 23.5 Å². The number of ketones is 1. The number of Topliss-reactive ketones (excluding diaryl/α,β-unsaturated/α-hetero) is 1. The normalized spacial score (nSPS) is 18.2. The van der Waals surface area contributed by atoms with Gasteiger partial charge in [0.1, 0.15) is 6.04 Å². The fraction of sp³-hybridized carbons (Fsp3) is 0.370. The summed E-state index contributed by atoms with van der Waals surface area (Å²) in [6.07, 6.45) is 1.21. The minimum absolute atomic E-state index is 0.104. The molecule has 0 fully saturated rings. The number of carbonyl (C=O) groups excluding carboxylic acids is 1. The van der Waals surface area contributed by atoms with E-state index in [2.05, 4.69) is 31.3 Å². The Kier molecular flexibility index (Phi) is 6.42. The van der Waals surface area contributed by atoms with E-state index in [1.165, 1.54) is 5.56 Å². The Morgan fingerprint density at radius 2 is 1.75 bits per heavy atom. The molecule has 5 rings (SSSR count). The van der Waals surface area contributed by atoms with Crippen molar-refractivity contribution in [3.05, 3.63) is 64.9 Å². The number of anilines is 1. The molecule has 0 amide bonds. The summed E-state index contributed by atoms with van der Waals surface area (Å²) >= 11 is 1.56. The zero-order valence-corrected chi connectivity index (χ0v) is 21.9. The lowest BCUT2D eigenvalue weighted by Crippen LogP contribution is -2.36. The number of hydrogen-bond acceptors (Lipinski definition) is 8. The first kappa shape index (κ1) is 24.2. The fourth-order valence-corrected chi connectivity index (χ4v) is 5.72. The van der Waals surface area contributed by atoms with Crippen molar-refractivity contribution < 1.29 is 19.0 Å². The number of hydrogen-bond donors (Lipinski definition) is 1. The molecule has 2 heterocycles. The van der Waals surface area contributed by atoms with E-state index in [4.69, 9.17) is 24.3 Å². The predicted octanol–water partition coefficient (Wildman–Crippen LogP) is 5.25. The summed E-state index contributed by atoms with van der Waals surface area (Å²) in [6, 6.07) is 13.5. The number of allylic oxidation sites excluding steroid dienone is 2. The van der Waals surface area contributed by atoms with Gasteiger partial charge in [-0.3, -0.25) is 4.79 Å². The largest absolute Gasteiger partial charge is 0.493 e. The number of rotatable bonds is 7. The standard InChI is InChI=1S/C27H30N4O4S/c1-27(2)13-18-22(19(32)14-27)23(17-11-20(33-3)24(35-5)21(12-17)34-4)31-25(28-18)29-26(30-31)36-15-16-9-7-6-8-10-16/h6-12,23H,13-15H2,1-5H3,(H,28,29,30)/t23-/m1/s1. The number of fused-ring (bicyclic) bond motifs is 1. The molecule has 0 radical (unpaired) electrons. The summed E-state index contributed by atoms with van der Waals surface area (Å²) in [4.78, 5) is 18.3. The maximum Gasteiger partial charge on any atom is 0.227 e. The van der Waals surface area contributed by atoms with Gasteiger partial charge in [-0.05, 0) is 35.1 Å². The quantitative estimate of drug-likeness (QED) is 0.435. The maximum absolute atomic E-state index is 13.5. The minimum Gasteiger partial charge on any atom is -0.493 e. The lowest BCUT2D eigenvalue weighted by atomic mass is 9.73. The van der Waals surface area contributed by atoms with Gasteiger partial charge in [-0.2, -0.15) is 4.98 Å². The molecule has 188 valence electrons. The first-order valence-electron chi connectivity index (χ1n) is 11.8. The number of ether oxygens (including phenoxy) is 3. The highest BCUT2D eigenvalue weighted by Gasteiger charge is 2.42. The van der Waals surface area contributed by atoms with E-state index in [0.29, 0.717) is 40.3 Å². The molecule has 9 heteroatoms. The molecule has 2 aliphatic rings. The Hall–Kier alpha value is -3.46. The van der Waals surface area contributed by atoms with Crippen molar-refractivity contribution in [3.63, 3.8) is 0 Å². The molecule has 1 atom stereocenters. The highest BCUT2D eigenvalue weighted by atomic mass is 32.2. The summed E-state index contributed by atoms with van der Waals surface area (Å²) in [5.41, 5.74) is 3.47.